The lowest BCUT2D eigenvalue weighted by Gasteiger charge is -2.33. The molecule has 0 aliphatic carbocycles. The number of halogens is 1. The summed E-state index contributed by atoms with van der Waals surface area (Å²) in [7, 11) is 0. The molecular weight excluding hydrogens is 338 g/mol. The molecule has 0 aromatic heterocycles. The van der Waals surface area contributed by atoms with Crippen LogP contribution in [-0.4, -0.2) is 42.3 Å². The molecule has 0 radical (unpaired) electrons. The van der Waals surface area contributed by atoms with E-state index in [1.54, 1.807) is 0 Å². The van der Waals surface area contributed by atoms with Crippen LogP contribution in [0.3, 0.4) is 0 Å². The Hall–Kier alpha value is -1.65. The largest absolute Gasteiger partial charge is 0.295 e. The average molecular weight is 358 g/mol. The van der Waals surface area contributed by atoms with Crippen molar-refractivity contribution in [2.45, 2.75) is 6.54 Å². The molecule has 1 fully saturated rings. The Morgan fingerprint density at radius 2 is 1.73 bits per heavy atom. The van der Waals surface area contributed by atoms with Crippen molar-refractivity contribution in [2.75, 3.05) is 26.2 Å². The maximum absolute atomic E-state index is 4.60. The van der Waals surface area contributed by atoms with E-state index >= 15 is 0 Å². The highest BCUT2D eigenvalue weighted by molar-refractivity contribution is 9.10. The first-order chi connectivity index (χ1) is 10.8. The van der Waals surface area contributed by atoms with Crippen molar-refractivity contribution in [1.29, 1.82) is 0 Å². The summed E-state index contributed by atoms with van der Waals surface area (Å²) in [6, 6.07) is 18.9. The molecule has 114 valence electrons. The van der Waals surface area contributed by atoms with Crippen LogP contribution in [0, 0.1) is 0 Å². The maximum atomic E-state index is 4.60. The van der Waals surface area contributed by atoms with Crippen molar-refractivity contribution < 1.29 is 0 Å². The Bertz CT molecular complexity index is 619. The fraction of sp³-hybridized carbons (Fsp3) is 0.278. The van der Waals surface area contributed by atoms with Crippen LogP contribution in [0.2, 0.25) is 0 Å². The third-order valence-corrected chi connectivity index (χ3v) is 4.31. The van der Waals surface area contributed by atoms with E-state index in [1.807, 2.05) is 18.3 Å². The topological polar surface area (TPSA) is 18.8 Å². The molecule has 0 bridgehead atoms. The van der Waals surface area contributed by atoms with Gasteiger partial charge < -0.3 is 0 Å². The minimum Gasteiger partial charge on any atom is -0.295 e. The Morgan fingerprint density at radius 1 is 0.955 bits per heavy atom. The second-order valence-corrected chi connectivity index (χ2v) is 6.43. The van der Waals surface area contributed by atoms with Gasteiger partial charge in [-0.05, 0) is 23.3 Å². The summed E-state index contributed by atoms with van der Waals surface area (Å²) in [4.78, 5) is 2.49. The van der Waals surface area contributed by atoms with Crippen molar-refractivity contribution in [3.8, 4) is 0 Å². The Balaban J connectivity index is 1.49. The minimum atomic E-state index is 0.983. The molecule has 3 nitrogen and oxygen atoms in total. The summed E-state index contributed by atoms with van der Waals surface area (Å²) in [5, 5.41) is 6.75. The minimum absolute atomic E-state index is 0.983. The fourth-order valence-corrected chi connectivity index (χ4v) is 3.00. The lowest BCUT2D eigenvalue weighted by Crippen LogP contribution is -2.43. The zero-order valence-electron chi connectivity index (χ0n) is 12.5. The van der Waals surface area contributed by atoms with Gasteiger partial charge in [-0.1, -0.05) is 58.4 Å². The second-order valence-electron chi connectivity index (χ2n) is 5.51. The molecule has 22 heavy (non-hydrogen) atoms. The van der Waals surface area contributed by atoms with Gasteiger partial charge in [0.05, 0.1) is 6.21 Å². The molecule has 0 atom stereocenters. The Morgan fingerprint density at radius 3 is 2.45 bits per heavy atom. The molecule has 2 aromatic carbocycles. The van der Waals surface area contributed by atoms with Gasteiger partial charge in [-0.3, -0.25) is 9.91 Å². The molecule has 1 aliphatic rings. The lowest BCUT2D eigenvalue weighted by atomic mass is 10.2. The summed E-state index contributed by atoms with van der Waals surface area (Å²) < 4.78 is 1.09. The predicted molar refractivity (Wildman–Crippen MR) is 95.0 cm³/mol. The first-order valence-corrected chi connectivity index (χ1v) is 8.40. The first-order valence-electron chi connectivity index (χ1n) is 7.60. The molecule has 3 rings (SSSR count). The molecule has 0 amide bonds. The zero-order valence-corrected chi connectivity index (χ0v) is 14.1. The quantitative estimate of drug-likeness (QED) is 0.778. The highest BCUT2D eigenvalue weighted by Crippen LogP contribution is 2.11. The molecular formula is C18H20BrN3. The molecule has 1 heterocycles. The van der Waals surface area contributed by atoms with E-state index in [9.17, 15) is 0 Å². The average Bonchev–Trinajstić information content (AvgIpc) is 2.55. The van der Waals surface area contributed by atoms with Crippen LogP contribution in [0.5, 0.6) is 0 Å². The fourth-order valence-electron chi connectivity index (χ4n) is 2.59. The third-order valence-electron chi connectivity index (χ3n) is 3.82. The molecule has 1 saturated heterocycles. The van der Waals surface area contributed by atoms with E-state index in [1.165, 1.54) is 5.56 Å². The van der Waals surface area contributed by atoms with E-state index in [-0.39, 0.29) is 0 Å². The van der Waals surface area contributed by atoms with Gasteiger partial charge in [0.1, 0.15) is 0 Å². The third kappa shape index (κ3) is 4.42. The summed E-state index contributed by atoms with van der Waals surface area (Å²) in [5.74, 6) is 0. The van der Waals surface area contributed by atoms with Crippen LogP contribution in [-0.2, 0) is 6.54 Å². The van der Waals surface area contributed by atoms with Crippen LogP contribution in [0.25, 0.3) is 0 Å². The van der Waals surface area contributed by atoms with Gasteiger partial charge in [0.15, 0.2) is 0 Å². The van der Waals surface area contributed by atoms with Gasteiger partial charge in [0.2, 0.25) is 0 Å². The van der Waals surface area contributed by atoms with Gasteiger partial charge in [0.25, 0.3) is 0 Å². The van der Waals surface area contributed by atoms with Crippen molar-refractivity contribution in [1.82, 2.24) is 9.91 Å². The van der Waals surface area contributed by atoms with Crippen molar-refractivity contribution in [3.63, 3.8) is 0 Å². The molecule has 1 aliphatic heterocycles. The monoisotopic (exact) mass is 357 g/mol. The zero-order chi connectivity index (χ0) is 15.2. The van der Waals surface area contributed by atoms with Crippen LogP contribution >= 0.6 is 15.9 Å². The highest BCUT2D eigenvalue weighted by Gasteiger charge is 2.15. The smallest absolute Gasteiger partial charge is 0.0543 e. The van der Waals surface area contributed by atoms with E-state index in [4.69, 9.17) is 0 Å². The molecule has 0 spiro atoms. The lowest BCUT2D eigenvalue weighted by molar-refractivity contribution is 0.131. The summed E-state index contributed by atoms with van der Waals surface area (Å²) in [5.41, 5.74) is 2.51. The number of hydrazone groups is 1. The van der Waals surface area contributed by atoms with Crippen molar-refractivity contribution >= 4 is 22.1 Å². The van der Waals surface area contributed by atoms with Gasteiger partial charge in [-0.25, -0.2) is 0 Å². The Kier molecular flexibility index (Phi) is 5.24. The van der Waals surface area contributed by atoms with E-state index in [0.717, 1.165) is 42.8 Å². The molecule has 4 heteroatoms. The number of benzene rings is 2. The number of piperazine rings is 1. The number of nitrogens with zero attached hydrogens (tertiary/aromatic N) is 3. The van der Waals surface area contributed by atoms with Crippen LogP contribution < -0.4 is 0 Å². The summed E-state index contributed by atoms with van der Waals surface area (Å²) >= 11 is 3.49. The first kappa shape index (κ1) is 15.3. The second kappa shape index (κ2) is 7.56. The van der Waals surface area contributed by atoms with Gasteiger partial charge in [-0.2, -0.15) is 5.10 Å². The standard InChI is InChI=1S/C18H20BrN3/c19-18-8-4-7-17(13-18)14-20-22-11-9-21(10-12-22)15-16-5-2-1-3-6-16/h1-8,13-14H,9-12,15H2/b20-14+. The Labute approximate surface area is 140 Å². The van der Waals surface area contributed by atoms with Crippen LogP contribution in [0.1, 0.15) is 11.1 Å². The van der Waals surface area contributed by atoms with Crippen LogP contribution in [0.15, 0.2) is 64.2 Å². The van der Waals surface area contributed by atoms with Gasteiger partial charge >= 0.3 is 0 Å². The molecule has 0 unspecified atom stereocenters. The van der Waals surface area contributed by atoms with Crippen molar-refractivity contribution in [2.24, 2.45) is 5.10 Å². The highest BCUT2D eigenvalue weighted by atomic mass is 79.9. The van der Waals surface area contributed by atoms with E-state index < -0.39 is 0 Å². The summed E-state index contributed by atoms with van der Waals surface area (Å²) in [6.07, 6.45) is 1.94. The number of rotatable bonds is 4. The molecule has 2 aromatic rings. The predicted octanol–water partition coefficient (Wildman–Crippen LogP) is 3.60. The molecule has 0 N–H and O–H groups in total. The molecule has 0 saturated carbocycles. The van der Waals surface area contributed by atoms with E-state index in [0.29, 0.717) is 0 Å². The van der Waals surface area contributed by atoms with Gasteiger partial charge in [0, 0.05) is 37.2 Å². The SMILES string of the molecule is Brc1cccc(/C=N/N2CCN(Cc3ccccc3)CC2)c1. The maximum Gasteiger partial charge on any atom is 0.0543 e. The summed E-state index contributed by atoms with van der Waals surface area (Å²) in [6.45, 7) is 5.12. The van der Waals surface area contributed by atoms with Crippen molar-refractivity contribution in [3.05, 3.63) is 70.2 Å². The normalized spacial score (nSPS) is 16.3. The van der Waals surface area contributed by atoms with Gasteiger partial charge in [-0.15, -0.1) is 0 Å². The van der Waals surface area contributed by atoms with Crippen LogP contribution in [0.4, 0.5) is 0 Å². The number of hydrogen-bond donors (Lipinski definition) is 0. The number of hydrogen-bond acceptors (Lipinski definition) is 3. The van der Waals surface area contributed by atoms with E-state index in [2.05, 4.69) is 73.4 Å².